The van der Waals surface area contributed by atoms with Gasteiger partial charge in [-0.25, -0.2) is 4.79 Å². The van der Waals surface area contributed by atoms with Crippen LogP contribution in [0.1, 0.15) is 47.8 Å². The monoisotopic (exact) mass is 673 g/mol. The molecule has 0 saturated heterocycles. The molecule has 19 heteroatoms. The van der Waals surface area contributed by atoms with Crippen molar-refractivity contribution < 1.29 is 63.4 Å². The van der Waals surface area contributed by atoms with Gasteiger partial charge in [0, 0.05) is 30.8 Å². The molecule has 0 saturated carbocycles. The molecule has 3 aromatic rings. The van der Waals surface area contributed by atoms with E-state index in [9.17, 15) is 58.3 Å². The number of hydrogen-bond donors (Lipinski definition) is 6. The van der Waals surface area contributed by atoms with Crippen LogP contribution in [0.2, 0.25) is 0 Å². The fraction of sp³-hybridized carbons (Fsp3) is 0.154. The molecule has 0 aliphatic carbocycles. The second kappa shape index (κ2) is 13.4. The van der Waals surface area contributed by atoms with E-state index in [1.165, 1.54) is 24.3 Å². The van der Waals surface area contributed by atoms with Crippen LogP contribution in [0, 0.1) is 0 Å². The highest BCUT2D eigenvalue weighted by molar-refractivity contribution is 7.86. The number of hydrogen-bond acceptors (Lipinski definition) is 8. The Morgan fingerprint density at radius 2 is 1.04 bits per heavy atom. The Kier molecular flexibility index (Phi) is 10.3. The summed E-state index contributed by atoms with van der Waals surface area (Å²) in [6, 6.07) is 10.8. The van der Waals surface area contributed by atoms with Crippen LogP contribution in [0.15, 0.2) is 70.5 Å². The first kappa shape index (κ1) is 34.6. The number of carbonyl (C=O) groups excluding carboxylic acids is 3. The van der Waals surface area contributed by atoms with Gasteiger partial charge in [0.25, 0.3) is 32.1 Å². The van der Waals surface area contributed by atoms with Gasteiger partial charge in [-0.3, -0.25) is 23.5 Å². The molecule has 6 N–H and O–H groups in total. The van der Waals surface area contributed by atoms with Gasteiger partial charge >= 0.3 is 18.1 Å². The van der Waals surface area contributed by atoms with Crippen LogP contribution in [0.25, 0.3) is 0 Å². The van der Waals surface area contributed by atoms with Gasteiger partial charge in [0.15, 0.2) is 0 Å². The SMILES string of the molecule is O=C(O)c1ccc(CNC(=O)c2ccc(CNC(=O)c3ccc(CNC(=O)C(F)(F)F)cc3)c(S(=O)(=O)O)c2)c(S(=O)(=O)O)c1. The Morgan fingerprint density at radius 1 is 0.622 bits per heavy atom. The first-order valence-electron chi connectivity index (χ1n) is 12.2. The minimum Gasteiger partial charge on any atom is -0.478 e. The highest BCUT2D eigenvalue weighted by Crippen LogP contribution is 2.21. The van der Waals surface area contributed by atoms with E-state index in [-0.39, 0.29) is 27.8 Å². The Hall–Kier alpha value is -4.85. The third kappa shape index (κ3) is 9.32. The molecule has 0 aromatic heterocycles. The van der Waals surface area contributed by atoms with E-state index in [0.717, 1.165) is 30.3 Å². The number of carboxylic acids is 1. The van der Waals surface area contributed by atoms with Crippen molar-refractivity contribution >= 4 is 43.9 Å². The summed E-state index contributed by atoms with van der Waals surface area (Å²) in [5.41, 5.74) is -0.841. The van der Waals surface area contributed by atoms with Crippen LogP contribution < -0.4 is 16.0 Å². The van der Waals surface area contributed by atoms with Crippen molar-refractivity contribution in [2.24, 2.45) is 0 Å². The quantitative estimate of drug-likeness (QED) is 0.161. The number of halogens is 3. The Labute approximate surface area is 252 Å². The fourth-order valence-electron chi connectivity index (χ4n) is 3.77. The summed E-state index contributed by atoms with van der Waals surface area (Å²) in [5.74, 6) is -5.31. The summed E-state index contributed by atoms with van der Waals surface area (Å²) in [6.45, 7) is -1.47. The molecule has 3 aromatic carbocycles. The molecule has 0 radical (unpaired) electrons. The third-order valence-electron chi connectivity index (χ3n) is 6.00. The highest BCUT2D eigenvalue weighted by Gasteiger charge is 2.38. The van der Waals surface area contributed by atoms with E-state index in [4.69, 9.17) is 5.11 Å². The van der Waals surface area contributed by atoms with Gasteiger partial charge in [-0.15, -0.1) is 0 Å². The second-order valence-corrected chi connectivity index (χ2v) is 11.9. The molecule has 0 heterocycles. The fourth-order valence-corrected chi connectivity index (χ4v) is 5.26. The first-order chi connectivity index (χ1) is 20.8. The molecule has 0 aliphatic heterocycles. The number of carbonyl (C=O) groups is 4. The summed E-state index contributed by atoms with van der Waals surface area (Å²) >= 11 is 0. The van der Waals surface area contributed by atoms with Gasteiger partial charge in [-0.05, 0) is 53.1 Å². The molecule has 0 aliphatic rings. The van der Waals surface area contributed by atoms with Crippen molar-refractivity contribution in [3.8, 4) is 0 Å². The van der Waals surface area contributed by atoms with Crippen molar-refractivity contribution in [3.63, 3.8) is 0 Å². The maximum atomic E-state index is 12.7. The van der Waals surface area contributed by atoms with Crippen LogP contribution in [-0.2, 0) is 44.7 Å². The number of amides is 3. The summed E-state index contributed by atoms with van der Waals surface area (Å²) in [4.78, 5) is 45.8. The van der Waals surface area contributed by atoms with Gasteiger partial charge < -0.3 is 21.1 Å². The van der Waals surface area contributed by atoms with Crippen LogP contribution in [0.3, 0.4) is 0 Å². The zero-order valence-electron chi connectivity index (χ0n) is 22.5. The molecular formula is C26H22F3N3O11S2. The average molecular weight is 674 g/mol. The zero-order valence-corrected chi connectivity index (χ0v) is 24.1. The van der Waals surface area contributed by atoms with E-state index in [2.05, 4.69) is 10.6 Å². The molecule has 14 nitrogen and oxygen atoms in total. The molecular weight excluding hydrogens is 651 g/mol. The predicted octanol–water partition coefficient (Wildman–Crippen LogP) is 1.92. The maximum Gasteiger partial charge on any atom is 0.471 e. The smallest absolute Gasteiger partial charge is 0.471 e. The topological polar surface area (TPSA) is 233 Å². The highest BCUT2D eigenvalue weighted by atomic mass is 32.2. The minimum atomic E-state index is -5.06. The van der Waals surface area contributed by atoms with Crippen molar-refractivity contribution in [1.82, 2.24) is 16.0 Å². The van der Waals surface area contributed by atoms with Gasteiger partial charge in [-0.2, -0.15) is 30.0 Å². The number of aromatic carboxylic acids is 1. The summed E-state index contributed by atoms with van der Waals surface area (Å²) in [7, 11) is -9.85. The lowest BCUT2D eigenvalue weighted by atomic mass is 10.1. The number of benzene rings is 3. The lowest BCUT2D eigenvalue weighted by Crippen LogP contribution is -2.36. The van der Waals surface area contributed by atoms with Gasteiger partial charge in [0.2, 0.25) is 0 Å². The molecule has 0 atom stereocenters. The zero-order chi connectivity index (χ0) is 33.7. The van der Waals surface area contributed by atoms with E-state index in [1.54, 1.807) is 5.32 Å². The molecule has 0 unspecified atom stereocenters. The predicted molar refractivity (Wildman–Crippen MR) is 146 cm³/mol. The van der Waals surface area contributed by atoms with Crippen molar-refractivity contribution in [1.29, 1.82) is 0 Å². The lowest BCUT2D eigenvalue weighted by molar-refractivity contribution is -0.173. The van der Waals surface area contributed by atoms with Gasteiger partial charge in [0.05, 0.1) is 15.4 Å². The number of nitrogens with one attached hydrogen (secondary N) is 3. The Bertz CT molecular complexity index is 1880. The third-order valence-corrected chi connectivity index (χ3v) is 7.88. The van der Waals surface area contributed by atoms with Crippen LogP contribution in [0.5, 0.6) is 0 Å². The number of alkyl halides is 3. The minimum absolute atomic E-state index is 0.0194. The van der Waals surface area contributed by atoms with E-state index in [1.807, 2.05) is 0 Å². The van der Waals surface area contributed by atoms with Crippen LogP contribution in [-0.4, -0.2) is 60.9 Å². The van der Waals surface area contributed by atoms with Crippen molar-refractivity contribution in [3.05, 3.63) is 94.0 Å². The summed E-state index contributed by atoms with van der Waals surface area (Å²) in [6.07, 6.45) is -5.06. The van der Waals surface area contributed by atoms with E-state index in [0.29, 0.717) is 6.07 Å². The molecule has 45 heavy (non-hydrogen) atoms. The van der Waals surface area contributed by atoms with Crippen molar-refractivity contribution in [2.75, 3.05) is 0 Å². The maximum absolute atomic E-state index is 12.7. The normalized spacial score (nSPS) is 11.8. The lowest BCUT2D eigenvalue weighted by Gasteiger charge is -2.13. The summed E-state index contributed by atoms with van der Waals surface area (Å²) in [5, 5.41) is 15.4. The molecule has 0 spiro atoms. The van der Waals surface area contributed by atoms with Crippen molar-refractivity contribution in [2.45, 2.75) is 35.6 Å². The van der Waals surface area contributed by atoms with E-state index < -0.39 is 85.1 Å². The standard InChI is InChI=1S/C26H22F3N3O11S2/c27-26(28,29)25(37)32-11-14-1-3-15(4-2-14)22(33)30-12-18-7-5-16(9-20(18)44(38,39)40)23(34)31-13-19-8-6-17(24(35)36)10-21(19)45(41,42)43/h1-10H,11-13H2,(H,30,33)(H,31,34)(H,32,37)(H,35,36)(H,38,39,40)(H,41,42,43). The van der Waals surface area contributed by atoms with Gasteiger partial charge in [0.1, 0.15) is 0 Å². The molecule has 3 rings (SSSR count). The van der Waals surface area contributed by atoms with Crippen LogP contribution >= 0.6 is 0 Å². The van der Waals surface area contributed by atoms with Crippen LogP contribution in [0.4, 0.5) is 13.2 Å². The van der Waals surface area contributed by atoms with Gasteiger partial charge in [-0.1, -0.05) is 24.3 Å². The van der Waals surface area contributed by atoms with E-state index >= 15 is 0 Å². The molecule has 240 valence electrons. The summed E-state index contributed by atoms with van der Waals surface area (Å²) < 4.78 is 104. The Balaban J connectivity index is 1.71. The first-order valence-corrected chi connectivity index (χ1v) is 15.1. The molecule has 3 amide bonds. The largest absolute Gasteiger partial charge is 0.478 e. The molecule has 0 fully saturated rings. The molecule has 0 bridgehead atoms. The number of carboxylic acid groups (broad SMARTS) is 1. The average Bonchev–Trinajstić information content (AvgIpc) is 2.95. The Morgan fingerprint density at radius 3 is 1.49 bits per heavy atom. The number of rotatable bonds is 11. The second-order valence-electron chi connectivity index (χ2n) is 9.14.